The minimum Gasteiger partial charge on any atom is -0.358 e. The molecular formula is C20H25F3N6O4S. The van der Waals surface area contributed by atoms with Crippen LogP contribution >= 0.6 is 0 Å². The van der Waals surface area contributed by atoms with Crippen molar-refractivity contribution in [1.82, 2.24) is 24.6 Å². The van der Waals surface area contributed by atoms with Crippen LogP contribution in [0.2, 0.25) is 0 Å². The summed E-state index contributed by atoms with van der Waals surface area (Å²) >= 11 is 0. The highest BCUT2D eigenvalue weighted by Crippen LogP contribution is 2.33. The highest BCUT2D eigenvalue weighted by molar-refractivity contribution is 7.91. The Bertz CT molecular complexity index is 1380. The summed E-state index contributed by atoms with van der Waals surface area (Å²) in [7, 11) is 0.738. The van der Waals surface area contributed by atoms with E-state index in [1.54, 1.807) is 11.9 Å². The average Bonchev–Trinajstić information content (AvgIpc) is 3.12. The summed E-state index contributed by atoms with van der Waals surface area (Å²) in [5, 5.41) is 0. The molecule has 0 aliphatic rings. The number of rotatable bonds is 8. The molecule has 0 radical (unpaired) electrons. The van der Waals surface area contributed by atoms with Gasteiger partial charge in [-0.1, -0.05) is 6.92 Å². The first-order chi connectivity index (χ1) is 15.9. The maximum absolute atomic E-state index is 13.5. The van der Waals surface area contributed by atoms with Gasteiger partial charge in [0.1, 0.15) is 16.9 Å². The fourth-order valence-electron chi connectivity index (χ4n) is 3.53. The number of aromatic nitrogens is 4. The van der Waals surface area contributed by atoms with Crippen molar-refractivity contribution in [1.29, 1.82) is 0 Å². The highest BCUT2D eigenvalue weighted by Gasteiger charge is 2.36. The molecule has 0 saturated carbocycles. The number of anilines is 1. The summed E-state index contributed by atoms with van der Waals surface area (Å²) in [5.74, 6) is -0.277. The molecule has 0 atom stereocenters. The molecule has 0 aromatic carbocycles. The minimum atomic E-state index is -4.77. The molecule has 0 aliphatic carbocycles. The van der Waals surface area contributed by atoms with Crippen molar-refractivity contribution in [2.45, 2.75) is 31.5 Å². The molecule has 10 nitrogen and oxygen atoms in total. The van der Waals surface area contributed by atoms with Crippen LogP contribution in [0.25, 0.3) is 22.6 Å². The Hall–Kier alpha value is -2.97. The molecule has 3 rings (SSSR count). The van der Waals surface area contributed by atoms with Crippen LogP contribution in [0, 0.1) is 0 Å². The number of hydroxylamine groups is 1. The van der Waals surface area contributed by atoms with Gasteiger partial charge in [-0.2, -0.15) is 18.7 Å². The predicted molar refractivity (Wildman–Crippen MR) is 120 cm³/mol. The number of pyridine rings is 2. The van der Waals surface area contributed by atoms with E-state index in [0.717, 1.165) is 6.07 Å². The van der Waals surface area contributed by atoms with Gasteiger partial charge in [-0.25, -0.2) is 18.4 Å². The number of fused-ring (bicyclic) bond motifs is 1. The second-order valence-corrected chi connectivity index (χ2v) is 9.70. The van der Waals surface area contributed by atoms with E-state index in [1.807, 2.05) is 0 Å². The van der Waals surface area contributed by atoms with Crippen molar-refractivity contribution >= 4 is 26.6 Å². The molecule has 0 spiro atoms. The maximum atomic E-state index is 13.5. The Morgan fingerprint density at radius 2 is 1.91 bits per heavy atom. The summed E-state index contributed by atoms with van der Waals surface area (Å²) in [5.41, 5.74) is 0.721. The van der Waals surface area contributed by atoms with Crippen molar-refractivity contribution in [3.8, 4) is 11.5 Å². The smallest absolute Gasteiger partial charge is 0.358 e. The molecule has 3 heterocycles. The Labute approximate surface area is 193 Å². The van der Waals surface area contributed by atoms with E-state index >= 15 is 0 Å². The van der Waals surface area contributed by atoms with Gasteiger partial charge in [-0.05, 0) is 19.1 Å². The van der Waals surface area contributed by atoms with E-state index in [-0.39, 0.29) is 46.4 Å². The lowest BCUT2D eigenvalue weighted by Crippen LogP contribution is -2.30. The topological polar surface area (TPSA) is 111 Å². The molecule has 1 N–H and O–H groups in total. The Kier molecular flexibility index (Phi) is 7.05. The van der Waals surface area contributed by atoms with Crippen LogP contribution in [-0.4, -0.2) is 54.1 Å². The van der Waals surface area contributed by atoms with Gasteiger partial charge in [0.15, 0.2) is 15.7 Å². The molecular weight excluding hydrogens is 477 g/mol. The summed E-state index contributed by atoms with van der Waals surface area (Å²) in [6, 6.07) is 2.19. The second-order valence-electron chi connectivity index (χ2n) is 7.45. The zero-order valence-electron chi connectivity index (χ0n) is 19.3. The zero-order valence-corrected chi connectivity index (χ0v) is 20.1. The van der Waals surface area contributed by atoms with Crippen LogP contribution in [0.1, 0.15) is 19.5 Å². The number of imidazole rings is 1. The van der Waals surface area contributed by atoms with E-state index < -0.39 is 27.3 Å². The summed E-state index contributed by atoms with van der Waals surface area (Å²) in [6.45, 7) is 2.92. The van der Waals surface area contributed by atoms with Gasteiger partial charge in [0.25, 0.3) is 5.56 Å². The number of alkyl halides is 3. The second kappa shape index (κ2) is 9.35. The third kappa shape index (κ3) is 4.52. The van der Waals surface area contributed by atoms with Gasteiger partial charge in [0.2, 0.25) is 0 Å². The van der Waals surface area contributed by atoms with Crippen LogP contribution in [0.3, 0.4) is 0 Å². The first kappa shape index (κ1) is 25.6. The van der Waals surface area contributed by atoms with Crippen LogP contribution in [0.4, 0.5) is 18.9 Å². The Balaban J connectivity index is 2.31. The number of hydrogen-bond acceptors (Lipinski definition) is 8. The van der Waals surface area contributed by atoms with Crippen molar-refractivity contribution in [2.24, 2.45) is 7.05 Å². The SMILES string of the molecule is CCn1c(C(F)(F)F)cc2nc(-c3ncc(N(C)CNOC)cc3S(=O)(=O)CC)n(C)c2c1=O. The van der Waals surface area contributed by atoms with E-state index in [0.29, 0.717) is 10.3 Å². The van der Waals surface area contributed by atoms with E-state index in [1.165, 1.54) is 44.8 Å². The molecule has 0 aliphatic heterocycles. The van der Waals surface area contributed by atoms with Gasteiger partial charge in [0.05, 0.1) is 41.8 Å². The minimum absolute atomic E-state index is 0.0367. The molecule has 3 aromatic heterocycles. The van der Waals surface area contributed by atoms with Crippen LogP contribution in [0.15, 0.2) is 28.0 Å². The quantitative estimate of drug-likeness (QED) is 0.369. The first-order valence-corrected chi connectivity index (χ1v) is 11.9. The van der Waals surface area contributed by atoms with Crippen molar-refractivity contribution in [3.63, 3.8) is 0 Å². The lowest BCUT2D eigenvalue weighted by molar-refractivity contribution is -0.144. The highest BCUT2D eigenvalue weighted by atomic mass is 32.2. The van der Waals surface area contributed by atoms with Gasteiger partial charge >= 0.3 is 6.18 Å². The Morgan fingerprint density at radius 3 is 2.47 bits per heavy atom. The molecule has 0 fully saturated rings. The molecule has 0 saturated heterocycles. The molecule has 186 valence electrons. The van der Waals surface area contributed by atoms with E-state index in [4.69, 9.17) is 4.84 Å². The third-order valence-electron chi connectivity index (χ3n) is 5.39. The fraction of sp³-hybridized carbons (Fsp3) is 0.450. The van der Waals surface area contributed by atoms with Crippen LogP contribution in [0.5, 0.6) is 0 Å². The number of nitrogens with zero attached hydrogens (tertiary/aromatic N) is 5. The standard InChI is InChI=1S/C20H25F3N6O4S/c1-6-29-15(20(21,22)23)9-13-17(19(29)30)28(4)18(26-13)16-14(34(31,32)7-2)8-12(10-24-16)27(3)11-25-33-5/h8-10,25H,6-7,11H2,1-5H3. The van der Waals surface area contributed by atoms with E-state index in [2.05, 4.69) is 15.4 Å². The number of hydrogen-bond donors (Lipinski definition) is 1. The zero-order chi connectivity index (χ0) is 25.4. The lowest BCUT2D eigenvalue weighted by Gasteiger charge is -2.20. The van der Waals surface area contributed by atoms with Crippen LogP contribution in [-0.2, 0) is 34.4 Å². The van der Waals surface area contributed by atoms with Gasteiger partial charge < -0.3 is 18.9 Å². The van der Waals surface area contributed by atoms with Gasteiger partial charge in [-0.15, -0.1) is 0 Å². The number of aryl methyl sites for hydroxylation is 1. The molecule has 0 amide bonds. The normalized spacial score (nSPS) is 12.5. The van der Waals surface area contributed by atoms with Crippen molar-refractivity contribution in [2.75, 3.05) is 31.5 Å². The van der Waals surface area contributed by atoms with E-state index in [9.17, 15) is 26.4 Å². The lowest BCUT2D eigenvalue weighted by atomic mass is 10.3. The third-order valence-corrected chi connectivity index (χ3v) is 7.13. The first-order valence-electron chi connectivity index (χ1n) is 10.2. The summed E-state index contributed by atoms with van der Waals surface area (Å²) < 4.78 is 68.3. The molecule has 3 aromatic rings. The van der Waals surface area contributed by atoms with Crippen LogP contribution < -0.4 is 15.9 Å². The van der Waals surface area contributed by atoms with Crippen molar-refractivity contribution < 1.29 is 26.4 Å². The molecule has 14 heteroatoms. The summed E-state index contributed by atoms with van der Waals surface area (Å²) in [4.78, 5) is 27.7. The van der Waals surface area contributed by atoms with Gasteiger partial charge in [0, 0.05) is 20.6 Å². The average molecular weight is 503 g/mol. The number of sulfone groups is 1. The number of halogens is 3. The molecule has 0 bridgehead atoms. The predicted octanol–water partition coefficient (Wildman–Crippen LogP) is 2.17. The fourth-order valence-corrected chi connectivity index (χ4v) is 4.58. The maximum Gasteiger partial charge on any atom is 0.431 e. The largest absolute Gasteiger partial charge is 0.431 e. The number of nitrogens with one attached hydrogen (secondary N) is 1. The van der Waals surface area contributed by atoms with Gasteiger partial charge in [-0.3, -0.25) is 4.79 Å². The molecule has 34 heavy (non-hydrogen) atoms. The molecule has 0 unspecified atom stereocenters. The Morgan fingerprint density at radius 1 is 1.24 bits per heavy atom. The van der Waals surface area contributed by atoms with Crippen molar-refractivity contribution in [3.05, 3.63) is 34.4 Å². The summed E-state index contributed by atoms with van der Waals surface area (Å²) in [6.07, 6.45) is -3.36. The monoisotopic (exact) mass is 502 g/mol.